The van der Waals surface area contributed by atoms with E-state index in [0.717, 1.165) is 12.0 Å². The molecule has 0 saturated carbocycles. The van der Waals surface area contributed by atoms with E-state index >= 15 is 0 Å². The number of terminal acetylenes is 1. The Morgan fingerprint density at radius 1 is 1.22 bits per heavy atom. The molecule has 2 atom stereocenters. The lowest BCUT2D eigenvalue weighted by Gasteiger charge is -2.36. The van der Waals surface area contributed by atoms with Crippen LogP contribution in [0.15, 0.2) is 30.9 Å². The molecule has 0 saturated heterocycles. The molecule has 1 aromatic carbocycles. The van der Waals surface area contributed by atoms with Crippen LogP contribution in [-0.2, 0) is 4.74 Å². The third-order valence-electron chi connectivity index (χ3n) is 4.69. The number of hydrogen-bond donors (Lipinski definition) is 0. The van der Waals surface area contributed by atoms with E-state index in [9.17, 15) is 4.79 Å². The third kappa shape index (κ3) is 6.17. The first kappa shape index (κ1) is 22.8. The molecule has 0 aliphatic carbocycles. The summed E-state index contributed by atoms with van der Waals surface area (Å²) in [5.41, 5.74) is 0.501. The number of esters is 1. The summed E-state index contributed by atoms with van der Waals surface area (Å²) in [4.78, 5) is 12.8. The summed E-state index contributed by atoms with van der Waals surface area (Å²) >= 11 is 0. The monoisotopic (exact) mass is 370 g/mol. The maximum atomic E-state index is 12.8. The minimum atomic E-state index is -1.16. The van der Waals surface area contributed by atoms with Crippen LogP contribution < -0.4 is 4.74 Å². The highest BCUT2D eigenvalue weighted by molar-refractivity contribution is 5.93. The maximum absolute atomic E-state index is 12.8. The van der Waals surface area contributed by atoms with Crippen LogP contribution in [0, 0.1) is 23.2 Å². The van der Waals surface area contributed by atoms with Crippen molar-refractivity contribution in [2.75, 3.05) is 7.11 Å². The van der Waals surface area contributed by atoms with Gasteiger partial charge < -0.3 is 9.47 Å². The van der Waals surface area contributed by atoms with Gasteiger partial charge in [0.25, 0.3) is 0 Å². The van der Waals surface area contributed by atoms with Crippen LogP contribution in [-0.4, -0.2) is 18.7 Å². The average molecular weight is 371 g/mol. The van der Waals surface area contributed by atoms with E-state index in [4.69, 9.17) is 15.9 Å². The lowest BCUT2D eigenvalue weighted by Crippen LogP contribution is -2.28. The highest BCUT2D eigenvalue weighted by Crippen LogP contribution is 2.44. The summed E-state index contributed by atoms with van der Waals surface area (Å²) in [6, 6.07) is 5.74. The molecule has 0 fully saturated rings. The molecule has 0 aromatic heterocycles. The quantitative estimate of drug-likeness (QED) is 0.350. The highest BCUT2D eigenvalue weighted by atomic mass is 16.6. The van der Waals surface area contributed by atoms with Crippen molar-refractivity contribution in [1.82, 2.24) is 0 Å². The predicted molar refractivity (Wildman–Crippen MR) is 112 cm³/mol. The molecule has 0 amide bonds. The SMILES string of the molecule is C#CC(C)(C=C)OC(=O)c1cc(C(CC(C)(C)C)C(C)(C)C)ccc1OC. The second-order valence-electron chi connectivity index (χ2n) is 9.49. The fourth-order valence-corrected chi connectivity index (χ4v) is 3.02. The van der Waals surface area contributed by atoms with Crippen LogP contribution in [0.4, 0.5) is 0 Å². The second-order valence-corrected chi connectivity index (χ2v) is 9.49. The molecule has 0 radical (unpaired) electrons. The van der Waals surface area contributed by atoms with Crippen LogP contribution in [0.1, 0.15) is 76.7 Å². The second kappa shape index (κ2) is 8.21. The van der Waals surface area contributed by atoms with Crippen molar-refractivity contribution in [1.29, 1.82) is 0 Å². The zero-order chi connectivity index (χ0) is 21.0. The molecule has 0 spiro atoms. The highest BCUT2D eigenvalue weighted by Gasteiger charge is 2.32. The van der Waals surface area contributed by atoms with Gasteiger partial charge in [-0.3, -0.25) is 0 Å². The van der Waals surface area contributed by atoms with Crippen LogP contribution in [0.2, 0.25) is 0 Å². The number of ether oxygens (including phenoxy) is 2. The van der Waals surface area contributed by atoms with E-state index in [-0.39, 0.29) is 16.7 Å². The Hall–Kier alpha value is -2.21. The zero-order valence-corrected chi connectivity index (χ0v) is 18.1. The van der Waals surface area contributed by atoms with Crippen LogP contribution in [0.25, 0.3) is 0 Å². The first-order valence-corrected chi connectivity index (χ1v) is 9.29. The van der Waals surface area contributed by atoms with E-state index in [1.165, 1.54) is 13.2 Å². The molecule has 3 nitrogen and oxygen atoms in total. The molecule has 0 aliphatic heterocycles. The van der Waals surface area contributed by atoms with Crippen molar-refractivity contribution < 1.29 is 14.3 Å². The number of carbonyl (C=O) groups excluding carboxylic acids is 1. The summed E-state index contributed by atoms with van der Waals surface area (Å²) in [6.07, 6.45) is 7.92. The number of carbonyl (C=O) groups is 1. The minimum absolute atomic E-state index is 0.0392. The van der Waals surface area contributed by atoms with E-state index in [1.54, 1.807) is 6.92 Å². The lowest BCUT2D eigenvalue weighted by atomic mass is 9.69. The topological polar surface area (TPSA) is 35.5 Å². The fraction of sp³-hybridized carbons (Fsp3) is 0.542. The largest absolute Gasteiger partial charge is 0.496 e. The number of benzene rings is 1. The predicted octanol–water partition coefficient (Wildman–Crippen LogP) is 6.00. The normalized spacial score (nSPS) is 15.2. The van der Waals surface area contributed by atoms with Gasteiger partial charge in [0.05, 0.1) is 7.11 Å². The van der Waals surface area contributed by atoms with Gasteiger partial charge >= 0.3 is 5.97 Å². The maximum Gasteiger partial charge on any atom is 0.343 e. The van der Waals surface area contributed by atoms with E-state index in [0.29, 0.717) is 11.3 Å². The van der Waals surface area contributed by atoms with Gasteiger partial charge in [-0.2, -0.15) is 0 Å². The number of methoxy groups -OCH3 is 1. The van der Waals surface area contributed by atoms with Crippen LogP contribution in [0.3, 0.4) is 0 Å². The first-order chi connectivity index (χ1) is 12.3. The van der Waals surface area contributed by atoms with E-state index in [1.807, 2.05) is 18.2 Å². The van der Waals surface area contributed by atoms with Crippen molar-refractivity contribution in [2.24, 2.45) is 10.8 Å². The molecule has 1 aromatic rings. The minimum Gasteiger partial charge on any atom is -0.496 e. The Labute approximate surface area is 165 Å². The summed E-state index contributed by atoms with van der Waals surface area (Å²) in [6.45, 7) is 18.6. The van der Waals surface area contributed by atoms with Crippen molar-refractivity contribution in [3.63, 3.8) is 0 Å². The van der Waals surface area contributed by atoms with E-state index < -0.39 is 11.6 Å². The average Bonchev–Trinajstić information content (AvgIpc) is 2.57. The lowest BCUT2D eigenvalue weighted by molar-refractivity contribution is 0.0280. The van der Waals surface area contributed by atoms with Crippen LogP contribution in [0.5, 0.6) is 5.75 Å². The number of hydrogen-bond acceptors (Lipinski definition) is 3. The third-order valence-corrected chi connectivity index (χ3v) is 4.69. The molecule has 1 rings (SSSR count). The van der Waals surface area contributed by atoms with Gasteiger partial charge in [-0.25, -0.2) is 4.79 Å². The van der Waals surface area contributed by atoms with Crippen molar-refractivity contribution in [3.05, 3.63) is 42.0 Å². The molecule has 0 N–H and O–H groups in total. The summed E-state index contributed by atoms with van der Waals surface area (Å²) in [7, 11) is 1.54. The first-order valence-electron chi connectivity index (χ1n) is 9.29. The van der Waals surface area contributed by atoms with Crippen molar-refractivity contribution in [2.45, 2.75) is 66.4 Å². The number of rotatable bonds is 6. The van der Waals surface area contributed by atoms with Gasteiger partial charge in [-0.05, 0) is 53.9 Å². The van der Waals surface area contributed by atoms with Crippen molar-refractivity contribution >= 4 is 5.97 Å². The fourth-order valence-electron chi connectivity index (χ4n) is 3.02. The van der Waals surface area contributed by atoms with E-state index in [2.05, 4.69) is 54.0 Å². The Morgan fingerprint density at radius 3 is 2.22 bits per heavy atom. The molecule has 148 valence electrons. The molecule has 3 heteroatoms. The van der Waals surface area contributed by atoms with Crippen molar-refractivity contribution in [3.8, 4) is 18.1 Å². The van der Waals surface area contributed by atoms with Gasteiger partial charge in [-0.15, -0.1) is 6.42 Å². The summed E-state index contributed by atoms with van der Waals surface area (Å²) in [5, 5.41) is 0. The van der Waals surface area contributed by atoms with Gasteiger partial charge in [0, 0.05) is 0 Å². The Bertz CT molecular complexity index is 725. The summed E-state index contributed by atoms with van der Waals surface area (Å²) < 4.78 is 10.9. The van der Waals surface area contributed by atoms with Gasteiger partial charge in [0.1, 0.15) is 11.3 Å². The van der Waals surface area contributed by atoms with Gasteiger partial charge in [-0.1, -0.05) is 60.1 Å². The molecule has 2 unspecified atom stereocenters. The molecule has 0 aliphatic rings. The zero-order valence-electron chi connectivity index (χ0n) is 18.1. The Kier molecular flexibility index (Phi) is 6.94. The molecule has 0 heterocycles. The molecule has 0 bridgehead atoms. The molecular formula is C24H34O3. The van der Waals surface area contributed by atoms with Gasteiger partial charge in [0.15, 0.2) is 5.60 Å². The standard InChI is InChI=1S/C24H34O3/c1-11-24(9,12-2)27-21(25)18-15-17(13-14-20(18)26-10)19(23(6,7)8)16-22(3,4)5/h1,12-15,19H,2,16H2,3-10H3. The van der Waals surface area contributed by atoms with Crippen LogP contribution >= 0.6 is 0 Å². The molecular weight excluding hydrogens is 336 g/mol. The van der Waals surface area contributed by atoms with Gasteiger partial charge in [0.2, 0.25) is 0 Å². The Balaban J connectivity index is 3.41. The Morgan fingerprint density at radius 2 is 1.81 bits per heavy atom. The molecule has 27 heavy (non-hydrogen) atoms. The smallest absolute Gasteiger partial charge is 0.343 e. The summed E-state index contributed by atoms with van der Waals surface area (Å²) in [5.74, 6) is 2.68.